The summed E-state index contributed by atoms with van der Waals surface area (Å²) in [6.45, 7) is 3.62. The third-order valence-corrected chi connectivity index (χ3v) is 1.47. The largest absolute Gasteiger partial charge is 0.384 e. The van der Waals surface area contributed by atoms with Crippen molar-refractivity contribution in [3.8, 4) is 0 Å². The van der Waals surface area contributed by atoms with E-state index in [0.29, 0.717) is 0 Å². The van der Waals surface area contributed by atoms with Crippen molar-refractivity contribution in [1.29, 1.82) is 5.41 Å². The summed E-state index contributed by atoms with van der Waals surface area (Å²) in [6.07, 6.45) is 1.69. The van der Waals surface area contributed by atoms with E-state index in [1.54, 1.807) is 12.1 Å². The molecule has 2 nitrogen and oxygen atoms in total. The zero-order valence-corrected chi connectivity index (χ0v) is 6.17. The lowest BCUT2D eigenvalue weighted by molar-refractivity contribution is 1.42. The molecular formula is C9H10N2. The number of nitrogens with two attached hydrogens (primary N) is 1. The summed E-state index contributed by atoms with van der Waals surface area (Å²) in [4.78, 5) is 0. The van der Waals surface area contributed by atoms with Crippen LogP contribution in [0.3, 0.4) is 0 Å². The van der Waals surface area contributed by atoms with Crippen LogP contribution in [0.1, 0.15) is 11.1 Å². The Morgan fingerprint density at radius 3 is 2.55 bits per heavy atom. The van der Waals surface area contributed by atoms with Gasteiger partial charge in [-0.2, -0.15) is 0 Å². The van der Waals surface area contributed by atoms with Gasteiger partial charge in [0.05, 0.1) is 0 Å². The van der Waals surface area contributed by atoms with Crippen LogP contribution < -0.4 is 5.73 Å². The average Bonchev–Trinajstić information content (AvgIpc) is 2.04. The van der Waals surface area contributed by atoms with E-state index < -0.39 is 0 Å². The molecule has 0 aromatic heterocycles. The monoisotopic (exact) mass is 146 g/mol. The molecular weight excluding hydrogens is 136 g/mol. The highest BCUT2D eigenvalue weighted by molar-refractivity contribution is 5.98. The summed E-state index contributed by atoms with van der Waals surface area (Å²) < 4.78 is 0. The van der Waals surface area contributed by atoms with Gasteiger partial charge in [0.25, 0.3) is 0 Å². The Hall–Kier alpha value is -1.57. The van der Waals surface area contributed by atoms with Gasteiger partial charge in [-0.25, -0.2) is 0 Å². The molecule has 0 unspecified atom stereocenters. The predicted octanol–water partition coefficient (Wildman–Crippen LogP) is 1.61. The van der Waals surface area contributed by atoms with Crippen LogP contribution in [-0.2, 0) is 0 Å². The molecule has 0 spiro atoms. The Morgan fingerprint density at radius 2 is 2.09 bits per heavy atom. The third kappa shape index (κ3) is 1.46. The fourth-order valence-electron chi connectivity index (χ4n) is 0.920. The molecule has 1 aromatic carbocycles. The Morgan fingerprint density at radius 1 is 1.45 bits per heavy atom. The lowest BCUT2D eigenvalue weighted by Gasteiger charge is -2.01. The highest BCUT2D eigenvalue weighted by atomic mass is 14.7. The molecule has 0 aliphatic rings. The summed E-state index contributed by atoms with van der Waals surface area (Å²) in [7, 11) is 0. The van der Waals surface area contributed by atoms with Gasteiger partial charge in [0.1, 0.15) is 5.84 Å². The minimum atomic E-state index is 0.0838. The van der Waals surface area contributed by atoms with E-state index in [1.807, 2.05) is 18.2 Å². The Labute approximate surface area is 65.9 Å². The molecule has 0 aliphatic carbocycles. The first kappa shape index (κ1) is 7.54. The second kappa shape index (κ2) is 3.01. The van der Waals surface area contributed by atoms with Crippen molar-refractivity contribution >= 4 is 11.9 Å². The van der Waals surface area contributed by atoms with Gasteiger partial charge in [0.2, 0.25) is 0 Å². The van der Waals surface area contributed by atoms with Crippen molar-refractivity contribution < 1.29 is 0 Å². The van der Waals surface area contributed by atoms with Crippen LogP contribution in [0.5, 0.6) is 0 Å². The van der Waals surface area contributed by atoms with Gasteiger partial charge in [-0.05, 0) is 5.56 Å². The van der Waals surface area contributed by atoms with Crippen molar-refractivity contribution in [1.82, 2.24) is 0 Å². The van der Waals surface area contributed by atoms with Gasteiger partial charge in [-0.1, -0.05) is 36.9 Å². The number of hydrogen-bond donors (Lipinski definition) is 2. The molecule has 0 fully saturated rings. The average molecular weight is 146 g/mol. The Balaban J connectivity index is 3.22. The van der Waals surface area contributed by atoms with E-state index in [2.05, 4.69) is 6.58 Å². The zero-order chi connectivity index (χ0) is 8.27. The Bertz CT molecular complexity index is 289. The molecule has 0 atom stereocenters. The molecule has 0 amide bonds. The number of nitrogen functional groups attached to an aromatic ring is 1. The molecule has 0 saturated carbocycles. The summed E-state index contributed by atoms with van der Waals surface area (Å²) >= 11 is 0. The van der Waals surface area contributed by atoms with E-state index in [-0.39, 0.29) is 5.84 Å². The number of hydrogen-bond acceptors (Lipinski definition) is 1. The molecule has 2 heteroatoms. The summed E-state index contributed by atoms with van der Waals surface area (Å²) in [5.74, 6) is 0.0838. The predicted molar refractivity (Wildman–Crippen MR) is 47.5 cm³/mol. The van der Waals surface area contributed by atoms with Crippen LogP contribution >= 0.6 is 0 Å². The maximum absolute atomic E-state index is 7.21. The Kier molecular flexibility index (Phi) is 2.06. The van der Waals surface area contributed by atoms with Gasteiger partial charge in [0.15, 0.2) is 0 Å². The van der Waals surface area contributed by atoms with E-state index in [0.717, 1.165) is 11.1 Å². The fourth-order valence-corrected chi connectivity index (χ4v) is 0.920. The van der Waals surface area contributed by atoms with E-state index in [1.165, 1.54) is 0 Å². The molecule has 0 heterocycles. The molecule has 1 aromatic rings. The van der Waals surface area contributed by atoms with Crippen molar-refractivity contribution in [3.63, 3.8) is 0 Å². The van der Waals surface area contributed by atoms with Crippen LogP contribution in [-0.4, -0.2) is 5.84 Å². The standard InChI is InChI=1S/C9H10N2/c1-2-7-5-3-4-6-8(7)9(10)11/h2-6H,1H2,(H3,10,11). The zero-order valence-electron chi connectivity index (χ0n) is 6.17. The van der Waals surface area contributed by atoms with Gasteiger partial charge < -0.3 is 5.73 Å². The van der Waals surface area contributed by atoms with Crippen molar-refractivity contribution in [2.24, 2.45) is 5.73 Å². The van der Waals surface area contributed by atoms with Crippen molar-refractivity contribution in [2.45, 2.75) is 0 Å². The van der Waals surface area contributed by atoms with Crippen LogP contribution in [0.15, 0.2) is 30.8 Å². The summed E-state index contributed by atoms with van der Waals surface area (Å²) in [5, 5.41) is 7.21. The minimum absolute atomic E-state index is 0.0838. The molecule has 0 saturated heterocycles. The summed E-state index contributed by atoms with van der Waals surface area (Å²) in [6, 6.07) is 7.43. The van der Waals surface area contributed by atoms with Crippen molar-refractivity contribution in [2.75, 3.05) is 0 Å². The van der Waals surface area contributed by atoms with Gasteiger partial charge in [-0.3, -0.25) is 5.41 Å². The first-order chi connectivity index (χ1) is 5.25. The van der Waals surface area contributed by atoms with Gasteiger partial charge in [-0.15, -0.1) is 0 Å². The normalized spacial score (nSPS) is 9.09. The number of nitrogens with one attached hydrogen (secondary N) is 1. The molecule has 0 aliphatic heterocycles. The molecule has 3 N–H and O–H groups in total. The fraction of sp³-hybridized carbons (Fsp3) is 0. The lowest BCUT2D eigenvalue weighted by atomic mass is 10.1. The molecule has 0 bridgehead atoms. The highest BCUT2D eigenvalue weighted by Crippen LogP contribution is 2.08. The second-order valence-electron chi connectivity index (χ2n) is 2.21. The SMILES string of the molecule is C=Cc1ccccc1C(=N)N. The van der Waals surface area contributed by atoms with Crippen LogP contribution in [0.25, 0.3) is 6.08 Å². The minimum Gasteiger partial charge on any atom is -0.384 e. The smallest absolute Gasteiger partial charge is 0.123 e. The molecule has 56 valence electrons. The number of rotatable bonds is 2. The highest BCUT2D eigenvalue weighted by Gasteiger charge is 1.98. The maximum Gasteiger partial charge on any atom is 0.123 e. The first-order valence-corrected chi connectivity index (χ1v) is 3.31. The molecule has 11 heavy (non-hydrogen) atoms. The maximum atomic E-state index is 7.21. The van der Waals surface area contributed by atoms with Crippen molar-refractivity contribution in [3.05, 3.63) is 42.0 Å². The van der Waals surface area contributed by atoms with E-state index in [9.17, 15) is 0 Å². The second-order valence-corrected chi connectivity index (χ2v) is 2.21. The molecule has 1 rings (SSSR count). The van der Waals surface area contributed by atoms with E-state index >= 15 is 0 Å². The first-order valence-electron chi connectivity index (χ1n) is 3.31. The quantitative estimate of drug-likeness (QED) is 0.483. The molecule has 0 radical (unpaired) electrons. The summed E-state index contributed by atoms with van der Waals surface area (Å²) in [5.41, 5.74) is 6.97. The van der Waals surface area contributed by atoms with E-state index in [4.69, 9.17) is 11.1 Å². The lowest BCUT2D eigenvalue weighted by Crippen LogP contribution is -2.12. The third-order valence-electron chi connectivity index (χ3n) is 1.47. The van der Waals surface area contributed by atoms with Crippen LogP contribution in [0.2, 0.25) is 0 Å². The number of benzene rings is 1. The van der Waals surface area contributed by atoms with Crippen LogP contribution in [0.4, 0.5) is 0 Å². The number of amidine groups is 1. The topological polar surface area (TPSA) is 49.9 Å². The van der Waals surface area contributed by atoms with Gasteiger partial charge >= 0.3 is 0 Å². The van der Waals surface area contributed by atoms with Gasteiger partial charge in [0, 0.05) is 5.56 Å². The van der Waals surface area contributed by atoms with Crippen LogP contribution in [0, 0.1) is 5.41 Å².